The van der Waals surface area contributed by atoms with Gasteiger partial charge in [0.05, 0.1) is 0 Å². The van der Waals surface area contributed by atoms with Crippen LogP contribution in [0.3, 0.4) is 0 Å². The molecule has 1 aromatic carbocycles. The zero-order chi connectivity index (χ0) is 12.5. The van der Waals surface area contributed by atoms with Gasteiger partial charge in [-0.2, -0.15) is 0 Å². The molecule has 0 aliphatic rings. The van der Waals surface area contributed by atoms with E-state index in [9.17, 15) is 0 Å². The molecule has 0 aliphatic heterocycles. The molecule has 3 heteroatoms. The van der Waals surface area contributed by atoms with Crippen molar-refractivity contribution in [3.63, 3.8) is 0 Å². The Bertz CT molecular complexity index is 512. The summed E-state index contributed by atoms with van der Waals surface area (Å²) in [4.78, 5) is 8.60. The second kappa shape index (κ2) is 4.57. The van der Waals surface area contributed by atoms with E-state index in [0.717, 1.165) is 16.0 Å². The number of hydrogen-bond donors (Lipinski definition) is 0. The topological polar surface area (TPSA) is 25.8 Å². The van der Waals surface area contributed by atoms with E-state index in [1.807, 2.05) is 6.07 Å². The van der Waals surface area contributed by atoms with Crippen LogP contribution in [0.25, 0.3) is 11.4 Å². The molecule has 0 radical (unpaired) electrons. The maximum absolute atomic E-state index is 4.34. The minimum atomic E-state index is 0.177. The molecule has 2 aromatic rings. The van der Waals surface area contributed by atoms with E-state index >= 15 is 0 Å². The number of halogens is 1. The fourth-order valence-corrected chi connectivity index (χ4v) is 1.88. The van der Waals surface area contributed by atoms with Gasteiger partial charge in [-0.05, 0) is 33.0 Å². The Morgan fingerprint density at radius 2 is 1.65 bits per heavy atom. The van der Waals surface area contributed by atoms with Gasteiger partial charge in [-0.25, -0.2) is 9.97 Å². The molecular formula is C14H15BrN2. The third-order valence-electron chi connectivity index (χ3n) is 2.63. The van der Waals surface area contributed by atoms with Gasteiger partial charge in [0.1, 0.15) is 4.60 Å². The summed E-state index contributed by atoms with van der Waals surface area (Å²) in [6.07, 6.45) is 1.75. The molecule has 0 atom stereocenters. The van der Waals surface area contributed by atoms with Gasteiger partial charge >= 0.3 is 0 Å². The van der Waals surface area contributed by atoms with Crippen LogP contribution < -0.4 is 0 Å². The Hall–Kier alpha value is -1.22. The van der Waals surface area contributed by atoms with Gasteiger partial charge in [0, 0.05) is 11.8 Å². The zero-order valence-corrected chi connectivity index (χ0v) is 11.8. The first-order valence-corrected chi connectivity index (χ1v) is 6.35. The van der Waals surface area contributed by atoms with Crippen molar-refractivity contribution in [1.82, 2.24) is 9.97 Å². The standard InChI is InChI=1S/C14H15BrN2/c1-14(2,3)11-6-4-10(5-7-11)13-16-9-8-12(15)17-13/h4-9H,1-3H3. The lowest BCUT2D eigenvalue weighted by Gasteiger charge is -2.18. The molecule has 0 aliphatic carbocycles. The van der Waals surface area contributed by atoms with Crippen LogP contribution in [0.5, 0.6) is 0 Å². The molecule has 0 bridgehead atoms. The Kier molecular flexibility index (Phi) is 3.29. The predicted octanol–water partition coefficient (Wildman–Crippen LogP) is 4.20. The van der Waals surface area contributed by atoms with Crippen molar-refractivity contribution >= 4 is 15.9 Å². The molecule has 0 spiro atoms. The summed E-state index contributed by atoms with van der Waals surface area (Å²) in [6.45, 7) is 6.62. The molecule has 1 aromatic heterocycles. The summed E-state index contributed by atoms with van der Waals surface area (Å²) in [5.74, 6) is 0.750. The van der Waals surface area contributed by atoms with E-state index in [4.69, 9.17) is 0 Å². The molecule has 17 heavy (non-hydrogen) atoms. The fraction of sp³-hybridized carbons (Fsp3) is 0.286. The molecule has 0 amide bonds. The molecule has 0 fully saturated rings. The molecule has 1 heterocycles. The van der Waals surface area contributed by atoms with Crippen LogP contribution in [0.4, 0.5) is 0 Å². The molecule has 88 valence electrons. The van der Waals surface area contributed by atoms with Gasteiger partial charge in [-0.15, -0.1) is 0 Å². The van der Waals surface area contributed by atoms with Crippen molar-refractivity contribution < 1.29 is 0 Å². The average molecular weight is 291 g/mol. The third-order valence-corrected chi connectivity index (χ3v) is 3.07. The van der Waals surface area contributed by atoms with Crippen molar-refractivity contribution in [2.24, 2.45) is 0 Å². The lowest BCUT2D eigenvalue weighted by molar-refractivity contribution is 0.590. The smallest absolute Gasteiger partial charge is 0.160 e. The van der Waals surface area contributed by atoms with Gasteiger partial charge in [-0.1, -0.05) is 45.0 Å². The molecule has 0 unspecified atom stereocenters. The second-order valence-electron chi connectivity index (χ2n) is 5.03. The van der Waals surface area contributed by atoms with Crippen LogP contribution in [0.1, 0.15) is 26.3 Å². The van der Waals surface area contributed by atoms with Crippen LogP contribution in [0.15, 0.2) is 41.1 Å². The molecular weight excluding hydrogens is 276 g/mol. The number of rotatable bonds is 1. The highest BCUT2D eigenvalue weighted by Crippen LogP contribution is 2.24. The highest BCUT2D eigenvalue weighted by molar-refractivity contribution is 9.10. The van der Waals surface area contributed by atoms with Crippen molar-refractivity contribution in [3.05, 3.63) is 46.7 Å². The first kappa shape index (κ1) is 12.2. The molecule has 2 rings (SSSR count). The second-order valence-corrected chi connectivity index (χ2v) is 5.84. The monoisotopic (exact) mass is 290 g/mol. The maximum atomic E-state index is 4.34. The summed E-state index contributed by atoms with van der Waals surface area (Å²) < 4.78 is 0.808. The van der Waals surface area contributed by atoms with Gasteiger partial charge in [0.25, 0.3) is 0 Å². The molecule has 0 saturated carbocycles. The van der Waals surface area contributed by atoms with Crippen LogP contribution in [0.2, 0.25) is 0 Å². The lowest BCUT2D eigenvalue weighted by atomic mass is 9.87. The average Bonchev–Trinajstić information content (AvgIpc) is 2.28. The quantitative estimate of drug-likeness (QED) is 0.736. The van der Waals surface area contributed by atoms with Crippen molar-refractivity contribution in [1.29, 1.82) is 0 Å². The van der Waals surface area contributed by atoms with Crippen LogP contribution in [-0.4, -0.2) is 9.97 Å². The van der Waals surface area contributed by atoms with E-state index in [0.29, 0.717) is 0 Å². The van der Waals surface area contributed by atoms with E-state index in [1.54, 1.807) is 6.20 Å². The number of aromatic nitrogens is 2. The van der Waals surface area contributed by atoms with Crippen molar-refractivity contribution in [2.45, 2.75) is 26.2 Å². The highest BCUT2D eigenvalue weighted by Gasteiger charge is 2.13. The first-order valence-electron chi connectivity index (χ1n) is 5.56. The summed E-state index contributed by atoms with van der Waals surface area (Å²) in [5, 5.41) is 0. The summed E-state index contributed by atoms with van der Waals surface area (Å²) >= 11 is 3.35. The van der Waals surface area contributed by atoms with Crippen molar-refractivity contribution in [3.8, 4) is 11.4 Å². The number of nitrogens with zero attached hydrogens (tertiary/aromatic N) is 2. The molecule has 0 N–H and O–H groups in total. The summed E-state index contributed by atoms with van der Waals surface area (Å²) in [5.41, 5.74) is 2.53. The highest BCUT2D eigenvalue weighted by atomic mass is 79.9. The lowest BCUT2D eigenvalue weighted by Crippen LogP contribution is -2.10. The van der Waals surface area contributed by atoms with Gasteiger partial charge < -0.3 is 0 Å². The summed E-state index contributed by atoms with van der Waals surface area (Å²) in [7, 11) is 0. The van der Waals surface area contributed by atoms with Crippen LogP contribution in [0, 0.1) is 0 Å². The van der Waals surface area contributed by atoms with Gasteiger partial charge in [-0.3, -0.25) is 0 Å². The SMILES string of the molecule is CC(C)(C)c1ccc(-c2nccc(Br)n2)cc1. The Morgan fingerprint density at radius 3 is 2.18 bits per heavy atom. The van der Waals surface area contributed by atoms with Crippen molar-refractivity contribution in [2.75, 3.05) is 0 Å². The third kappa shape index (κ3) is 2.91. The van der Waals surface area contributed by atoms with Gasteiger partial charge in [0.15, 0.2) is 5.82 Å². The largest absolute Gasteiger partial charge is 0.237 e. The maximum Gasteiger partial charge on any atom is 0.160 e. The Labute approximate surface area is 110 Å². The fourth-order valence-electron chi connectivity index (χ4n) is 1.60. The van der Waals surface area contributed by atoms with E-state index in [1.165, 1.54) is 5.56 Å². The minimum Gasteiger partial charge on any atom is -0.237 e. The number of benzene rings is 1. The van der Waals surface area contributed by atoms with Crippen LogP contribution in [-0.2, 0) is 5.41 Å². The zero-order valence-electron chi connectivity index (χ0n) is 10.2. The first-order chi connectivity index (χ1) is 7.97. The number of hydrogen-bond acceptors (Lipinski definition) is 2. The minimum absolute atomic E-state index is 0.177. The van der Waals surface area contributed by atoms with Gasteiger partial charge in [0.2, 0.25) is 0 Å². The predicted molar refractivity (Wildman–Crippen MR) is 73.9 cm³/mol. The molecule has 0 saturated heterocycles. The Balaban J connectivity index is 2.36. The summed E-state index contributed by atoms with van der Waals surface area (Å²) in [6, 6.07) is 10.2. The molecule has 2 nitrogen and oxygen atoms in total. The van der Waals surface area contributed by atoms with E-state index in [2.05, 4.69) is 70.9 Å². The van der Waals surface area contributed by atoms with E-state index < -0.39 is 0 Å². The Morgan fingerprint density at radius 1 is 1.00 bits per heavy atom. The van der Waals surface area contributed by atoms with Crippen LogP contribution >= 0.6 is 15.9 Å². The normalized spacial score (nSPS) is 11.5. The van der Waals surface area contributed by atoms with E-state index in [-0.39, 0.29) is 5.41 Å².